The second-order valence-corrected chi connectivity index (χ2v) is 5.07. The van der Waals surface area contributed by atoms with E-state index in [0.717, 1.165) is 0 Å². The predicted molar refractivity (Wildman–Crippen MR) is 73.4 cm³/mol. The van der Waals surface area contributed by atoms with Gasteiger partial charge in [0.2, 0.25) is 0 Å². The van der Waals surface area contributed by atoms with Gasteiger partial charge in [-0.3, -0.25) is 0 Å². The molecule has 0 radical (unpaired) electrons. The highest BCUT2D eigenvalue weighted by Crippen LogP contribution is 2.47. The zero-order valence-corrected chi connectivity index (χ0v) is 12.3. The van der Waals surface area contributed by atoms with Gasteiger partial charge < -0.3 is 19.3 Å². The summed E-state index contributed by atoms with van der Waals surface area (Å²) in [4.78, 5) is 12.1. The molecular formula is C14H7BrF2O5. The van der Waals surface area contributed by atoms with Crippen LogP contribution in [0.5, 0.6) is 23.0 Å². The van der Waals surface area contributed by atoms with Crippen molar-refractivity contribution in [2.75, 3.05) is 0 Å². The fourth-order valence-electron chi connectivity index (χ4n) is 1.84. The normalized spacial score (nSPS) is 14.7. The van der Waals surface area contributed by atoms with Crippen molar-refractivity contribution >= 4 is 21.9 Å². The summed E-state index contributed by atoms with van der Waals surface area (Å²) in [6, 6.07) is 8.28. The number of carbonyl (C=O) groups is 1. The zero-order valence-electron chi connectivity index (χ0n) is 10.7. The van der Waals surface area contributed by atoms with Crippen LogP contribution in [-0.2, 0) is 0 Å². The number of phenols is 1. The first kappa shape index (κ1) is 14.6. The molecular weight excluding hydrogens is 366 g/mol. The summed E-state index contributed by atoms with van der Waals surface area (Å²) in [6.45, 7) is 0. The number of esters is 1. The van der Waals surface area contributed by atoms with E-state index in [1.165, 1.54) is 24.3 Å². The Balaban J connectivity index is 1.91. The smallest absolute Gasteiger partial charge is 0.504 e. The van der Waals surface area contributed by atoms with Crippen molar-refractivity contribution in [2.24, 2.45) is 0 Å². The Hall–Kier alpha value is -2.35. The van der Waals surface area contributed by atoms with Crippen molar-refractivity contribution in [1.29, 1.82) is 0 Å². The fourth-order valence-corrected chi connectivity index (χ4v) is 2.41. The van der Waals surface area contributed by atoms with E-state index < -0.39 is 12.3 Å². The number of ether oxygens (including phenoxy) is 3. The monoisotopic (exact) mass is 372 g/mol. The number of carbonyl (C=O) groups excluding carboxylic acids is 1. The molecule has 0 fully saturated rings. The maximum atomic E-state index is 13.0. The van der Waals surface area contributed by atoms with Gasteiger partial charge in [0.15, 0.2) is 23.0 Å². The van der Waals surface area contributed by atoms with Crippen molar-refractivity contribution in [3.63, 3.8) is 0 Å². The predicted octanol–water partition coefficient (Wildman–Crippen LogP) is 3.70. The van der Waals surface area contributed by atoms with Crippen molar-refractivity contribution in [1.82, 2.24) is 0 Å². The number of alkyl halides is 2. The number of hydrogen-bond donors (Lipinski definition) is 1. The maximum absolute atomic E-state index is 13.0. The molecule has 5 nitrogen and oxygen atoms in total. The van der Waals surface area contributed by atoms with Crippen LogP contribution in [0.4, 0.5) is 8.78 Å². The van der Waals surface area contributed by atoms with Gasteiger partial charge in [-0.2, -0.15) is 0 Å². The summed E-state index contributed by atoms with van der Waals surface area (Å²) in [5.41, 5.74) is -0.0525. The van der Waals surface area contributed by atoms with Crippen LogP contribution in [0.15, 0.2) is 40.9 Å². The number of hydrogen-bond acceptors (Lipinski definition) is 5. The van der Waals surface area contributed by atoms with Crippen LogP contribution >= 0.6 is 15.9 Å². The lowest BCUT2D eigenvalue weighted by molar-refractivity contribution is -0.286. The lowest BCUT2D eigenvalue weighted by Crippen LogP contribution is -2.26. The molecule has 0 aliphatic carbocycles. The number of aromatic hydroxyl groups is 1. The molecule has 1 heterocycles. The zero-order chi connectivity index (χ0) is 15.9. The highest BCUT2D eigenvalue weighted by molar-refractivity contribution is 9.10. The summed E-state index contributed by atoms with van der Waals surface area (Å²) < 4.78 is 39.7. The summed E-state index contributed by atoms with van der Waals surface area (Å²) in [7, 11) is 0. The molecule has 0 saturated heterocycles. The molecule has 8 heteroatoms. The second-order valence-electron chi connectivity index (χ2n) is 4.28. The first-order chi connectivity index (χ1) is 10.4. The Kier molecular flexibility index (Phi) is 3.40. The Labute approximate surface area is 131 Å². The summed E-state index contributed by atoms with van der Waals surface area (Å²) in [6.07, 6.45) is -3.79. The minimum absolute atomic E-state index is 0.0254. The number of phenolic OH excluding ortho intramolecular Hbond substituents is 1. The molecule has 1 aliphatic rings. The van der Waals surface area contributed by atoms with Crippen LogP contribution in [0.3, 0.4) is 0 Å². The lowest BCUT2D eigenvalue weighted by Gasteiger charge is -2.08. The molecule has 2 aromatic rings. The number of para-hydroxylation sites is 2. The fraction of sp³-hybridized carbons (Fsp3) is 0.0714. The molecule has 114 valence electrons. The van der Waals surface area contributed by atoms with E-state index in [4.69, 9.17) is 4.74 Å². The van der Waals surface area contributed by atoms with Gasteiger partial charge in [0.25, 0.3) is 0 Å². The molecule has 1 aliphatic heterocycles. The van der Waals surface area contributed by atoms with Gasteiger partial charge in [0.05, 0.1) is 10.0 Å². The van der Waals surface area contributed by atoms with Crippen LogP contribution in [-0.4, -0.2) is 17.4 Å². The summed E-state index contributed by atoms with van der Waals surface area (Å²) in [5.74, 6) is -1.62. The molecule has 0 bridgehead atoms. The van der Waals surface area contributed by atoms with E-state index in [1.54, 1.807) is 12.1 Å². The third-order valence-electron chi connectivity index (χ3n) is 2.80. The number of fused-ring (bicyclic) bond motifs is 1. The Bertz CT molecular complexity index is 763. The van der Waals surface area contributed by atoms with E-state index in [-0.39, 0.29) is 33.0 Å². The molecule has 1 N–H and O–H groups in total. The van der Waals surface area contributed by atoms with E-state index >= 15 is 0 Å². The Morgan fingerprint density at radius 1 is 1.18 bits per heavy atom. The van der Waals surface area contributed by atoms with Gasteiger partial charge in [0.1, 0.15) is 0 Å². The topological polar surface area (TPSA) is 65.0 Å². The van der Waals surface area contributed by atoms with E-state index in [1.807, 2.05) is 0 Å². The summed E-state index contributed by atoms with van der Waals surface area (Å²) >= 11 is 3.01. The minimum atomic E-state index is -3.79. The first-order valence-electron chi connectivity index (χ1n) is 5.96. The highest BCUT2D eigenvalue weighted by Gasteiger charge is 2.45. The van der Waals surface area contributed by atoms with Crippen LogP contribution in [0.25, 0.3) is 0 Å². The molecule has 2 aromatic carbocycles. The molecule has 22 heavy (non-hydrogen) atoms. The van der Waals surface area contributed by atoms with Crippen LogP contribution in [0.1, 0.15) is 10.4 Å². The minimum Gasteiger partial charge on any atom is -0.504 e. The third-order valence-corrected chi connectivity index (χ3v) is 3.59. The lowest BCUT2D eigenvalue weighted by atomic mass is 10.2. The van der Waals surface area contributed by atoms with Crippen LogP contribution in [0, 0.1) is 0 Å². The van der Waals surface area contributed by atoms with Crippen molar-refractivity contribution in [3.05, 3.63) is 46.4 Å². The maximum Gasteiger partial charge on any atom is 0.586 e. The summed E-state index contributed by atoms with van der Waals surface area (Å²) in [5, 5.41) is 9.57. The van der Waals surface area contributed by atoms with E-state index in [9.17, 15) is 18.7 Å². The van der Waals surface area contributed by atoms with Gasteiger partial charge in [-0.15, -0.1) is 8.78 Å². The SMILES string of the molecule is O=C(Oc1ccccc1O)c1ccc2c(c1Br)OC(F)(F)O2. The quantitative estimate of drug-likeness (QED) is 0.643. The first-order valence-corrected chi connectivity index (χ1v) is 6.75. The van der Waals surface area contributed by atoms with Gasteiger partial charge >= 0.3 is 12.3 Å². The Morgan fingerprint density at radius 2 is 1.91 bits per heavy atom. The van der Waals surface area contributed by atoms with E-state index in [0.29, 0.717) is 0 Å². The average Bonchev–Trinajstić information content (AvgIpc) is 2.77. The Morgan fingerprint density at radius 3 is 2.64 bits per heavy atom. The highest BCUT2D eigenvalue weighted by atomic mass is 79.9. The van der Waals surface area contributed by atoms with Crippen molar-refractivity contribution in [3.8, 4) is 23.0 Å². The van der Waals surface area contributed by atoms with Gasteiger partial charge in [0, 0.05) is 0 Å². The molecule has 3 rings (SSSR count). The number of benzene rings is 2. The number of halogens is 3. The van der Waals surface area contributed by atoms with Crippen LogP contribution < -0.4 is 14.2 Å². The number of rotatable bonds is 2. The largest absolute Gasteiger partial charge is 0.586 e. The molecule has 0 saturated carbocycles. The van der Waals surface area contributed by atoms with Crippen LogP contribution in [0.2, 0.25) is 0 Å². The molecule has 0 atom stereocenters. The van der Waals surface area contributed by atoms with Gasteiger partial charge in [-0.05, 0) is 40.2 Å². The standard InChI is InChI=1S/C14H7BrF2O5/c15-11-7(5-6-10-12(11)22-14(16,17)21-10)13(19)20-9-4-2-1-3-8(9)18/h1-6,18H. The van der Waals surface area contributed by atoms with Gasteiger partial charge in [-0.25, -0.2) is 4.79 Å². The van der Waals surface area contributed by atoms with Crippen molar-refractivity contribution in [2.45, 2.75) is 6.29 Å². The molecule has 0 spiro atoms. The average molecular weight is 373 g/mol. The second kappa shape index (κ2) is 5.13. The molecule has 0 unspecified atom stereocenters. The van der Waals surface area contributed by atoms with E-state index in [2.05, 4.69) is 25.4 Å². The van der Waals surface area contributed by atoms with Crippen molar-refractivity contribution < 1.29 is 32.9 Å². The van der Waals surface area contributed by atoms with Gasteiger partial charge in [-0.1, -0.05) is 12.1 Å². The molecule has 0 aromatic heterocycles. The third kappa shape index (κ3) is 2.57. The molecule has 0 amide bonds.